The van der Waals surface area contributed by atoms with Gasteiger partial charge >= 0.3 is 16.2 Å². The Labute approximate surface area is 72.9 Å². The van der Waals surface area contributed by atoms with E-state index in [4.69, 9.17) is 17.9 Å². The summed E-state index contributed by atoms with van der Waals surface area (Å²) in [5.41, 5.74) is 0. The van der Waals surface area contributed by atoms with Crippen LogP contribution in [0.15, 0.2) is 0 Å². The van der Waals surface area contributed by atoms with Gasteiger partial charge in [-0.1, -0.05) is 0 Å². The fraction of sp³-hybridized carbons (Fsp3) is 1.00. The lowest BCUT2D eigenvalue weighted by Gasteiger charge is -2.25. The highest BCUT2D eigenvalue weighted by Gasteiger charge is 2.34. The molecule has 1 rings (SSSR count). The SMILES string of the molecule is CCOP1OCCP(=O)(OC)O1. The molecular formula is C5H12O5P2. The summed E-state index contributed by atoms with van der Waals surface area (Å²) in [6.07, 6.45) is 0.301. The van der Waals surface area contributed by atoms with E-state index in [1.54, 1.807) is 0 Å². The van der Waals surface area contributed by atoms with E-state index in [-0.39, 0.29) is 0 Å². The first-order valence-corrected chi connectivity index (χ1v) is 6.43. The molecule has 1 saturated heterocycles. The highest BCUT2D eigenvalue weighted by atomic mass is 31.2. The Bertz CT molecular complexity index is 183. The third-order valence-corrected chi connectivity index (χ3v) is 4.94. The second kappa shape index (κ2) is 4.66. The molecule has 1 aliphatic rings. The molecule has 2 unspecified atom stereocenters. The summed E-state index contributed by atoms with van der Waals surface area (Å²) in [5, 5.41) is 0. The van der Waals surface area contributed by atoms with Crippen LogP contribution in [0.25, 0.3) is 0 Å². The predicted octanol–water partition coefficient (Wildman–Crippen LogP) is 2.14. The van der Waals surface area contributed by atoms with Crippen LogP contribution < -0.4 is 0 Å². The summed E-state index contributed by atoms with van der Waals surface area (Å²) in [5.74, 6) is 0. The zero-order valence-electron chi connectivity index (χ0n) is 7.06. The first-order chi connectivity index (χ1) is 5.70. The van der Waals surface area contributed by atoms with Crippen molar-refractivity contribution in [1.29, 1.82) is 0 Å². The predicted molar refractivity (Wildman–Crippen MR) is 45.1 cm³/mol. The number of hydrogen-bond donors (Lipinski definition) is 0. The van der Waals surface area contributed by atoms with Gasteiger partial charge in [-0.25, -0.2) is 4.31 Å². The minimum atomic E-state index is -2.90. The van der Waals surface area contributed by atoms with Crippen molar-refractivity contribution in [3.05, 3.63) is 0 Å². The lowest BCUT2D eigenvalue weighted by atomic mass is 10.9. The molecule has 1 heterocycles. The average molecular weight is 214 g/mol. The number of hydrogen-bond acceptors (Lipinski definition) is 5. The highest BCUT2D eigenvalue weighted by molar-refractivity contribution is 7.63. The van der Waals surface area contributed by atoms with Crippen molar-refractivity contribution < 1.29 is 22.4 Å². The van der Waals surface area contributed by atoms with Crippen LogP contribution in [0.4, 0.5) is 0 Å². The van der Waals surface area contributed by atoms with E-state index in [9.17, 15) is 4.57 Å². The standard InChI is InChI=1S/C5H12O5P2/c1-3-8-11-9-4-5-12(6,7-2)10-11/h3-5H2,1-2H3. The first kappa shape index (κ1) is 10.6. The Morgan fingerprint density at radius 3 is 3.00 bits per heavy atom. The van der Waals surface area contributed by atoms with Crippen molar-refractivity contribution in [2.45, 2.75) is 6.92 Å². The molecule has 2 atom stereocenters. The van der Waals surface area contributed by atoms with Crippen LogP contribution in [0.2, 0.25) is 0 Å². The fourth-order valence-electron chi connectivity index (χ4n) is 0.684. The van der Waals surface area contributed by atoms with E-state index in [1.165, 1.54) is 7.11 Å². The van der Waals surface area contributed by atoms with Gasteiger partial charge in [0.25, 0.3) is 0 Å². The van der Waals surface area contributed by atoms with Gasteiger partial charge < -0.3 is 13.6 Å². The Kier molecular flexibility index (Phi) is 4.11. The van der Waals surface area contributed by atoms with Gasteiger partial charge in [0.2, 0.25) is 0 Å². The topological polar surface area (TPSA) is 54.0 Å². The molecule has 1 aliphatic heterocycles. The maximum atomic E-state index is 11.5. The molecule has 5 nitrogen and oxygen atoms in total. The number of rotatable bonds is 3. The Morgan fingerprint density at radius 1 is 1.67 bits per heavy atom. The van der Waals surface area contributed by atoms with E-state index in [1.807, 2.05) is 6.92 Å². The molecule has 0 radical (unpaired) electrons. The van der Waals surface area contributed by atoms with E-state index >= 15 is 0 Å². The molecule has 0 spiro atoms. The summed E-state index contributed by atoms with van der Waals surface area (Å²) >= 11 is 0. The summed E-state index contributed by atoms with van der Waals surface area (Å²) in [7, 11) is -2.99. The van der Waals surface area contributed by atoms with Crippen LogP contribution in [0.3, 0.4) is 0 Å². The molecule has 0 aliphatic carbocycles. The third-order valence-electron chi connectivity index (χ3n) is 1.27. The van der Waals surface area contributed by atoms with E-state index in [0.29, 0.717) is 19.4 Å². The molecule has 72 valence electrons. The second-order valence-electron chi connectivity index (χ2n) is 2.07. The molecule has 0 aromatic heterocycles. The molecule has 12 heavy (non-hydrogen) atoms. The van der Waals surface area contributed by atoms with Crippen LogP contribution in [-0.4, -0.2) is 26.5 Å². The summed E-state index contributed by atoms with van der Waals surface area (Å²) < 4.78 is 31.4. The maximum Gasteiger partial charge on any atom is 0.340 e. The van der Waals surface area contributed by atoms with E-state index in [0.717, 1.165) is 0 Å². The minimum absolute atomic E-state index is 0.301. The van der Waals surface area contributed by atoms with E-state index in [2.05, 4.69) is 0 Å². The maximum absolute atomic E-state index is 11.5. The van der Waals surface area contributed by atoms with Crippen LogP contribution in [-0.2, 0) is 22.4 Å². The first-order valence-electron chi connectivity index (χ1n) is 3.60. The van der Waals surface area contributed by atoms with Crippen molar-refractivity contribution >= 4 is 16.2 Å². The summed E-state index contributed by atoms with van der Waals surface area (Å²) in [6.45, 7) is 2.67. The normalized spacial score (nSPS) is 36.7. The van der Waals surface area contributed by atoms with Crippen molar-refractivity contribution in [1.82, 2.24) is 0 Å². The Hall–Kier alpha value is 0.500. The summed E-state index contributed by atoms with van der Waals surface area (Å²) in [4.78, 5) is 0. The molecule has 0 amide bonds. The van der Waals surface area contributed by atoms with Crippen LogP contribution >= 0.6 is 16.2 Å². The lowest BCUT2D eigenvalue weighted by Crippen LogP contribution is -2.09. The van der Waals surface area contributed by atoms with Gasteiger partial charge in [0.05, 0.1) is 19.4 Å². The van der Waals surface area contributed by atoms with Crippen molar-refractivity contribution in [2.24, 2.45) is 0 Å². The molecular weight excluding hydrogens is 202 g/mol. The van der Waals surface area contributed by atoms with Gasteiger partial charge in [-0.2, -0.15) is 0 Å². The third kappa shape index (κ3) is 2.77. The van der Waals surface area contributed by atoms with Gasteiger partial charge in [-0.05, 0) is 6.92 Å². The Morgan fingerprint density at radius 2 is 2.42 bits per heavy atom. The fourth-order valence-corrected chi connectivity index (χ4v) is 3.63. The lowest BCUT2D eigenvalue weighted by molar-refractivity contribution is 0.185. The zero-order chi connectivity index (χ0) is 9.03. The molecule has 7 heteroatoms. The largest absolute Gasteiger partial charge is 0.340 e. The van der Waals surface area contributed by atoms with Gasteiger partial charge in [0.15, 0.2) is 0 Å². The van der Waals surface area contributed by atoms with Crippen LogP contribution in [0, 0.1) is 0 Å². The van der Waals surface area contributed by atoms with Crippen molar-refractivity contribution in [3.8, 4) is 0 Å². The van der Waals surface area contributed by atoms with Crippen LogP contribution in [0.1, 0.15) is 6.92 Å². The van der Waals surface area contributed by atoms with Crippen molar-refractivity contribution in [2.75, 3.05) is 26.5 Å². The van der Waals surface area contributed by atoms with Crippen LogP contribution in [0.5, 0.6) is 0 Å². The van der Waals surface area contributed by atoms with Gasteiger partial charge in [-0.3, -0.25) is 4.57 Å². The second-order valence-corrected chi connectivity index (χ2v) is 5.72. The van der Waals surface area contributed by atoms with Crippen molar-refractivity contribution in [3.63, 3.8) is 0 Å². The Balaban J connectivity index is 2.45. The smallest absolute Gasteiger partial charge is 0.312 e. The molecule has 1 fully saturated rings. The van der Waals surface area contributed by atoms with E-state index < -0.39 is 16.2 Å². The van der Waals surface area contributed by atoms with Gasteiger partial charge in [-0.15, -0.1) is 0 Å². The molecule has 0 N–H and O–H groups in total. The average Bonchev–Trinajstić information content (AvgIpc) is 2.05. The quantitative estimate of drug-likeness (QED) is 0.673. The molecule has 0 saturated carbocycles. The molecule has 0 aromatic rings. The van der Waals surface area contributed by atoms with Gasteiger partial charge in [0, 0.05) is 7.11 Å². The zero-order valence-corrected chi connectivity index (χ0v) is 8.85. The highest BCUT2D eigenvalue weighted by Crippen LogP contribution is 2.63. The monoisotopic (exact) mass is 214 g/mol. The molecule has 0 bridgehead atoms. The molecule has 0 aromatic carbocycles. The van der Waals surface area contributed by atoms with Gasteiger partial charge in [0.1, 0.15) is 0 Å². The minimum Gasteiger partial charge on any atom is -0.312 e. The summed E-state index contributed by atoms with van der Waals surface area (Å²) in [6, 6.07) is 0.